The van der Waals surface area contributed by atoms with E-state index in [0.29, 0.717) is 22.9 Å². The van der Waals surface area contributed by atoms with Gasteiger partial charge in [-0.1, -0.05) is 25.4 Å². The molecule has 3 aromatic heterocycles. The van der Waals surface area contributed by atoms with Crippen LogP contribution in [0.3, 0.4) is 0 Å². The summed E-state index contributed by atoms with van der Waals surface area (Å²) >= 11 is 5.77. The Labute approximate surface area is 146 Å². The summed E-state index contributed by atoms with van der Waals surface area (Å²) in [5.74, 6) is -0.310. The highest BCUT2D eigenvalue weighted by Gasteiger charge is 2.21. The molecular formula is C16H15ClFN5O2. The number of pyridine rings is 1. The van der Waals surface area contributed by atoms with Crippen LogP contribution in [0.5, 0.6) is 0 Å². The van der Waals surface area contributed by atoms with Crippen LogP contribution < -0.4 is 11.2 Å². The molecule has 3 heterocycles. The number of rotatable bonds is 2. The van der Waals surface area contributed by atoms with Crippen LogP contribution in [0.2, 0.25) is 5.15 Å². The van der Waals surface area contributed by atoms with Gasteiger partial charge in [-0.25, -0.2) is 28.7 Å². The van der Waals surface area contributed by atoms with Crippen molar-refractivity contribution in [2.24, 2.45) is 0 Å². The highest BCUT2D eigenvalue weighted by Crippen LogP contribution is 2.25. The van der Waals surface area contributed by atoms with Crippen LogP contribution >= 0.6 is 11.6 Å². The number of hydrogen-bond donors (Lipinski definition) is 1. The minimum Gasteiger partial charge on any atom is -0.273 e. The van der Waals surface area contributed by atoms with Crippen molar-refractivity contribution in [2.75, 3.05) is 0 Å². The number of halogens is 2. The summed E-state index contributed by atoms with van der Waals surface area (Å²) < 4.78 is 14.9. The molecule has 0 atom stereocenters. The Hall–Kier alpha value is -2.61. The Morgan fingerprint density at radius 1 is 1.20 bits per heavy atom. The molecule has 7 nitrogen and oxygen atoms in total. The Morgan fingerprint density at radius 2 is 1.88 bits per heavy atom. The molecule has 0 aromatic carbocycles. The molecule has 0 radical (unpaired) electrons. The Morgan fingerprint density at radius 3 is 2.52 bits per heavy atom. The van der Waals surface area contributed by atoms with E-state index in [9.17, 15) is 14.0 Å². The molecule has 9 heteroatoms. The van der Waals surface area contributed by atoms with Crippen LogP contribution in [-0.2, 0) is 0 Å². The number of fused-ring (bicyclic) bond motifs is 1. The third kappa shape index (κ3) is 2.82. The van der Waals surface area contributed by atoms with Gasteiger partial charge in [0.05, 0.1) is 22.5 Å². The van der Waals surface area contributed by atoms with E-state index in [0.717, 1.165) is 6.07 Å². The molecule has 0 aliphatic heterocycles. The zero-order valence-corrected chi connectivity index (χ0v) is 14.8. The van der Waals surface area contributed by atoms with E-state index in [1.54, 1.807) is 13.8 Å². The lowest BCUT2D eigenvalue weighted by Gasteiger charge is -2.17. The third-order valence-corrected chi connectivity index (χ3v) is 4.03. The van der Waals surface area contributed by atoms with Crippen LogP contribution in [0.15, 0.2) is 15.7 Å². The molecule has 0 aliphatic rings. The second kappa shape index (κ2) is 6.03. The lowest BCUT2D eigenvalue weighted by molar-refractivity contribution is 0.623. The number of nitrogens with one attached hydrogen (secondary N) is 1. The van der Waals surface area contributed by atoms with E-state index in [2.05, 4.69) is 19.9 Å². The quantitative estimate of drug-likeness (QED) is 0.705. The number of H-pyrrole nitrogens is 1. The number of aromatic nitrogens is 5. The molecule has 0 unspecified atom stereocenters. The van der Waals surface area contributed by atoms with Crippen molar-refractivity contribution in [2.45, 2.75) is 33.6 Å². The van der Waals surface area contributed by atoms with Gasteiger partial charge in [-0.15, -0.1) is 0 Å². The molecule has 25 heavy (non-hydrogen) atoms. The number of nitrogens with zero attached hydrogens (tertiary/aromatic N) is 4. The molecule has 0 aliphatic carbocycles. The Kier molecular flexibility index (Phi) is 4.16. The van der Waals surface area contributed by atoms with Crippen LogP contribution in [0.1, 0.15) is 37.0 Å². The summed E-state index contributed by atoms with van der Waals surface area (Å²) in [7, 11) is 0. The van der Waals surface area contributed by atoms with Gasteiger partial charge in [-0.2, -0.15) is 0 Å². The fraction of sp³-hybridized carbons (Fsp3) is 0.312. The maximum atomic E-state index is 13.7. The number of aryl methyl sites for hydroxylation is 2. The molecule has 3 rings (SSSR count). The average molecular weight is 364 g/mol. The molecule has 0 amide bonds. The Bertz CT molecular complexity index is 1120. The maximum absolute atomic E-state index is 13.7. The molecule has 0 bridgehead atoms. The van der Waals surface area contributed by atoms with Gasteiger partial charge in [-0.3, -0.25) is 9.78 Å². The summed E-state index contributed by atoms with van der Waals surface area (Å²) in [5.41, 5.74) is 0.0532. The van der Waals surface area contributed by atoms with Crippen LogP contribution in [0, 0.1) is 19.7 Å². The van der Waals surface area contributed by atoms with Crippen molar-refractivity contribution in [3.63, 3.8) is 0 Å². The van der Waals surface area contributed by atoms with Gasteiger partial charge in [0, 0.05) is 0 Å². The lowest BCUT2D eigenvalue weighted by atomic mass is 10.1. The highest BCUT2D eigenvalue weighted by molar-refractivity contribution is 6.29. The number of hydrogen-bond acceptors (Lipinski definition) is 5. The fourth-order valence-corrected chi connectivity index (χ4v) is 2.87. The second-order valence-electron chi connectivity index (χ2n) is 5.97. The van der Waals surface area contributed by atoms with E-state index >= 15 is 0 Å². The zero-order chi connectivity index (χ0) is 18.5. The highest BCUT2D eigenvalue weighted by atomic mass is 35.5. The average Bonchev–Trinajstić information content (AvgIpc) is 2.50. The monoisotopic (exact) mass is 363 g/mol. The summed E-state index contributed by atoms with van der Waals surface area (Å²) in [5, 5.41) is -0.515. The van der Waals surface area contributed by atoms with Crippen molar-refractivity contribution < 1.29 is 4.39 Å². The van der Waals surface area contributed by atoms with E-state index in [1.165, 1.54) is 4.57 Å². The van der Waals surface area contributed by atoms with E-state index < -0.39 is 22.2 Å². The van der Waals surface area contributed by atoms with Crippen LogP contribution in [-0.4, -0.2) is 24.5 Å². The van der Waals surface area contributed by atoms with Crippen molar-refractivity contribution in [3.8, 4) is 5.69 Å². The first-order valence-corrected chi connectivity index (χ1v) is 7.95. The largest absolute Gasteiger partial charge is 0.334 e. The molecule has 0 saturated carbocycles. The summed E-state index contributed by atoms with van der Waals surface area (Å²) in [6.07, 6.45) is 0. The van der Waals surface area contributed by atoms with E-state index in [1.807, 2.05) is 13.8 Å². The van der Waals surface area contributed by atoms with Crippen molar-refractivity contribution in [1.29, 1.82) is 0 Å². The second-order valence-corrected chi connectivity index (χ2v) is 6.33. The molecule has 0 saturated heterocycles. The van der Waals surface area contributed by atoms with Crippen LogP contribution in [0.4, 0.5) is 4.39 Å². The molecular weight excluding hydrogens is 349 g/mol. The maximum Gasteiger partial charge on any atom is 0.334 e. The van der Waals surface area contributed by atoms with Gasteiger partial charge in [0.1, 0.15) is 5.82 Å². The first kappa shape index (κ1) is 17.2. The first-order valence-electron chi connectivity index (χ1n) is 7.57. The first-order chi connectivity index (χ1) is 11.7. The van der Waals surface area contributed by atoms with Gasteiger partial charge in [0.2, 0.25) is 0 Å². The fourth-order valence-electron chi connectivity index (χ4n) is 2.73. The van der Waals surface area contributed by atoms with E-state index in [4.69, 9.17) is 11.6 Å². The molecule has 3 aromatic rings. The summed E-state index contributed by atoms with van der Waals surface area (Å²) in [6, 6.07) is 0.957. The zero-order valence-electron chi connectivity index (χ0n) is 14.0. The van der Waals surface area contributed by atoms with Gasteiger partial charge in [0.25, 0.3) is 5.56 Å². The standard InChI is InChI=1S/C16H15ClFN5O2/c1-6(2)11-12(7(3)19-8(4)20-11)23-14-9(15(24)22-16(23)25)5-10(18)13(17)21-14/h5-6H,1-4H3,(H,22,24,25). The summed E-state index contributed by atoms with van der Waals surface area (Å²) in [4.78, 5) is 39.4. The minimum absolute atomic E-state index is 0.0276. The molecule has 130 valence electrons. The van der Waals surface area contributed by atoms with Gasteiger partial charge < -0.3 is 0 Å². The summed E-state index contributed by atoms with van der Waals surface area (Å²) in [6.45, 7) is 7.32. The molecule has 0 fully saturated rings. The van der Waals surface area contributed by atoms with Crippen LogP contribution in [0.25, 0.3) is 16.7 Å². The minimum atomic E-state index is -0.842. The SMILES string of the molecule is Cc1nc(C)c(-n2c(=O)[nH]c(=O)c3cc(F)c(Cl)nc32)c(C(C)C)n1. The molecule has 0 spiro atoms. The normalized spacial score (nSPS) is 11.5. The van der Waals surface area contributed by atoms with Gasteiger partial charge >= 0.3 is 5.69 Å². The third-order valence-electron chi connectivity index (χ3n) is 3.76. The smallest absolute Gasteiger partial charge is 0.273 e. The van der Waals surface area contributed by atoms with E-state index in [-0.39, 0.29) is 17.0 Å². The van der Waals surface area contributed by atoms with Gasteiger partial charge in [0.15, 0.2) is 16.6 Å². The number of aromatic amines is 1. The lowest BCUT2D eigenvalue weighted by Crippen LogP contribution is -2.31. The van der Waals surface area contributed by atoms with Crippen molar-refractivity contribution in [3.05, 3.63) is 55.1 Å². The van der Waals surface area contributed by atoms with Crippen molar-refractivity contribution in [1.82, 2.24) is 24.5 Å². The molecule has 1 N–H and O–H groups in total. The topological polar surface area (TPSA) is 93.5 Å². The predicted octanol–water partition coefficient (Wildman–Crippen LogP) is 2.40. The predicted molar refractivity (Wildman–Crippen MR) is 92.1 cm³/mol. The van der Waals surface area contributed by atoms with Gasteiger partial charge in [-0.05, 0) is 25.8 Å². The van der Waals surface area contributed by atoms with Crippen molar-refractivity contribution >= 4 is 22.6 Å². The Balaban J connectivity index is 2.56.